The minimum Gasteiger partial charge on any atom is -0.476 e. The number of nitrogens with zero attached hydrogens (tertiary/aromatic N) is 2. The third kappa shape index (κ3) is 4.96. The van der Waals surface area contributed by atoms with Crippen LogP contribution in [0, 0.1) is 0 Å². The summed E-state index contributed by atoms with van der Waals surface area (Å²) >= 11 is 0. The number of anilines is 1. The highest BCUT2D eigenvalue weighted by atomic mass is 16.5. The van der Waals surface area contributed by atoms with Crippen molar-refractivity contribution in [1.82, 2.24) is 9.97 Å². The van der Waals surface area contributed by atoms with Crippen LogP contribution in [-0.4, -0.2) is 16.6 Å². The van der Waals surface area contributed by atoms with E-state index in [0.29, 0.717) is 18.2 Å². The van der Waals surface area contributed by atoms with Crippen LogP contribution < -0.4 is 10.5 Å². The predicted molar refractivity (Wildman–Crippen MR) is 65.3 cm³/mol. The van der Waals surface area contributed by atoms with Gasteiger partial charge in [-0.1, -0.05) is 39.0 Å². The molecule has 0 fully saturated rings. The Labute approximate surface area is 97.2 Å². The predicted octanol–water partition coefficient (Wildman–Crippen LogP) is 2.80. The van der Waals surface area contributed by atoms with Crippen molar-refractivity contribution >= 4 is 5.69 Å². The van der Waals surface area contributed by atoms with Crippen LogP contribution in [0.4, 0.5) is 5.69 Å². The Balaban J connectivity index is 2.05. The zero-order valence-corrected chi connectivity index (χ0v) is 9.98. The van der Waals surface area contributed by atoms with Gasteiger partial charge in [0.2, 0.25) is 5.88 Å². The molecule has 0 aliphatic carbocycles. The quantitative estimate of drug-likeness (QED) is 0.688. The first-order chi connectivity index (χ1) is 7.84. The second kappa shape index (κ2) is 7.91. The van der Waals surface area contributed by atoms with Crippen LogP contribution in [0.25, 0.3) is 0 Å². The number of ether oxygens (including phenoxy) is 1. The van der Waals surface area contributed by atoms with Gasteiger partial charge in [0.25, 0.3) is 0 Å². The highest BCUT2D eigenvalue weighted by molar-refractivity contribution is 5.44. The molecule has 1 heterocycles. The van der Waals surface area contributed by atoms with Gasteiger partial charge in [0, 0.05) is 0 Å². The zero-order valence-electron chi connectivity index (χ0n) is 9.98. The number of rotatable bonds is 8. The average Bonchev–Trinajstić information content (AvgIpc) is 2.30. The maximum Gasteiger partial charge on any atom is 0.240 e. The van der Waals surface area contributed by atoms with E-state index in [9.17, 15) is 0 Å². The minimum atomic E-state index is 0.503. The second-order valence-electron chi connectivity index (χ2n) is 3.90. The van der Waals surface area contributed by atoms with Gasteiger partial charge in [-0.05, 0) is 6.42 Å². The summed E-state index contributed by atoms with van der Waals surface area (Å²) in [6.45, 7) is 2.91. The van der Waals surface area contributed by atoms with Crippen molar-refractivity contribution in [2.75, 3.05) is 12.3 Å². The molecule has 0 aliphatic rings. The maximum atomic E-state index is 5.65. The normalized spacial score (nSPS) is 10.3. The average molecular weight is 223 g/mol. The number of hydrogen-bond acceptors (Lipinski definition) is 4. The maximum absolute atomic E-state index is 5.65. The highest BCUT2D eigenvalue weighted by Gasteiger charge is 2.00. The molecule has 90 valence electrons. The molecule has 1 aromatic rings. The van der Waals surface area contributed by atoms with Crippen LogP contribution >= 0.6 is 0 Å². The Bertz CT molecular complexity index is 291. The molecule has 0 saturated carbocycles. The summed E-state index contributed by atoms with van der Waals surface area (Å²) in [5.41, 5.74) is 6.16. The Morgan fingerprint density at radius 3 is 2.69 bits per heavy atom. The van der Waals surface area contributed by atoms with Gasteiger partial charge in [0.1, 0.15) is 12.0 Å². The summed E-state index contributed by atoms with van der Waals surface area (Å²) in [5, 5.41) is 0. The van der Waals surface area contributed by atoms with Gasteiger partial charge in [-0.25, -0.2) is 9.97 Å². The van der Waals surface area contributed by atoms with Gasteiger partial charge in [0.15, 0.2) is 0 Å². The molecular weight excluding hydrogens is 202 g/mol. The van der Waals surface area contributed by atoms with E-state index < -0.39 is 0 Å². The van der Waals surface area contributed by atoms with Gasteiger partial charge >= 0.3 is 0 Å². The third-order valence-corrected chi connectivity index (χ3v) is 2.44. The van der Waals surface area contributed by atoms with E-state index in [-0.39, 0.29) is 0 Å². The van der Waals surface area contributed by atoms with E-state index in [1.807, 2.05) is 0 Å². The van der Waals surface area contributed by atoms with Crippen LogP contribution in [0.1, 0.15) is 45.4 Å². The first kappa shape index (κ1) is 12.7. The Morgan fingerprint density at radius 2 is 1.94 bits per heavy atom. The number of nitrogens with two attached hydrogens (primary N) is 1. The van der Waals surface area contributed by atoms with E-state index in [0.717, 1.165) is 6.42 Å². The van der Waals surface area contributed by atoms with E-state index in [1.165, 1.54) is 38.4 Å². The summed E-state index contributed by atoms with van der Waals surface area (Å²) in [6, 6.07) is 0. The minimum absolute atomic E-state index is 0.503. The van der Waals surface area contributed by atoms with Crippen LogP contribution in [0.5, 0.6) is 5.88 Å². The molecule has 16 heavy (non-hydrogen) atoms. The molecule has 0 aliphatic heterocycles. The molecule has 2 N–H and O–H groups in total. The van der Waals surface area contributed by atoms with Gasteiger partial charge in [-0.2, -0.15) is 0 Å². The Hall–Kier alpha value is -1.32. The fourth-order valence-corrected chi connectivity index (χ4v) is 1.50. The number of nitrogen functional groups attached to an aromatic ring is 1. The molecule has 1 rings (SSSR count). The molecule has 4 nitrogen and oxygen atoms in total. The lowest BCUT2D eigenvalue weighted by Crippen LogP contribution is -2.02. The van der Waals surface area contributed by atoms with Crippen LogP contribution in [-0.2, 0) is 0 Å². The van der Waals surface area contributed by atoms with Crippen molar-refractivity contribution in [2.24, 2.45) is 0 Å². The van der Waals surface area contributed by atoms with Crippen molar-refractivity contribution in [3.63, 3.8) is 0 Å². The third-order valence-electron chi connectivity index (χ3n) is 2.44. The molecule has 0 atom stereocenters. The summed E-state index contributed by atoms with van der Waals surface area (Å²) < 4.78 is 5.47. The first-order valence-electron chi connectivity index (χ1n) is 6.03. The lowest BCUT2D eigenvalue weighted by Gasteiger charge is -2.06. The van der Waals surface area contributed by atoms with Crippen LogP contribution in [0.15, 0.2) is 12.5 Å². The van der Waals surface area contributed by atoms with Gasteiger partial charge in [0.05, 0.1) is 12.8 Å². The van der Waals surface area contributed by atoms with Crippen molar-refractivity contribution < 1.29 is 4.74 Å². The summed E-state index contributed by atoms with van der Waals surface area (Å²) in [4.78, 5) is 7.77. The summed E-state index contributed by atoms with van der Waals surface area (Å²) in [6.07, 6.45) is 10.5. The zero-order chi connectivity index (χ0) is 11.6. The molecule has 0 aromatic carbocycles. The van der Waals surface area contributed by atoms with E-state index in [2.05, 4.69) is 16.9 Å². The van der Waals surface area contributed by atoms with E-state index in [1.54, 1.807) is 6.20 Å². The molecular formula is C12H21N3O. The molecule has 0 bridgehead atoms. The Kier molecular flexibility index (Phi) is 6.30. The second-order valence-corrected chi connectivity index (χ2v) is 3.90. The summed E-state index contributed by atoms with van der Waals surface area (Å²) in [5.74, 6) is 0.503. The van der Waals surface area contributed by atoms with Gasteiger partial charge < -0.3 is 10.5 Å². The highest BCUT2D eigenvalue weighted by Crippen LogP contribution is 2.15. The van der Waals surface area contributed by atoms with Gasteiger partial charge in [-0.15, -0.1) is 0 Å². The SMILES string of the molecule is CCCCCCCCOc1ncncc1N. The van der Waals surface area contributed by atoms with Crippen molar-refractivity contribution in [3.05, 3.63) is 12.5 Å². The smallest absolute Gasteiger partial charge is 0.240 e. The summed E-state index contributed by atoms with van der Waals surface area (Å²) in [7, 11) is 0. The lowest BCUT2D eigenvalue weighted by molar-refractivity contribution is 0.294. The molecule has 0 unspecified atom stereocenters. The topological polar surface area (TPSA) is 61.0 Å². The number of hydrogen-bond donors (Lipinski definition) is 1. The molecule has 4 heteroatoms. The fraction of sp³-hybridized carbons (Fsp3) is 0.667. The van der Waals surface area contributed by atoms with Crippen molar-refractivity contribution in [3.8, 4) is 5.88 Å². The molecule has 0 radical (unpaired) electrons. The van der Waals surface area contributed by atoms with Crippen molar-refractivity contribution in [1.29, 1.82) is 0 Å². The van der Waals surface area contributed by atoms with Crippen molar-refractivity contribution in [2.45, 2.75) is 45.4 Å². The standard InChI is InChI=1S/C12H21N3O/c1-2-3-4-5-6-7-8-16-12-11(13)9-14-10-15-12/h9-10H,2-8,13H2,1H3. The first-order valence-corrected chi connectivity index (χ1v) is 6.03. The van der Waals surface area contributed by atoms with E-state index in [4.69, 9.17) is 10.5 Å². The fourth-order valence-electron chi connectivity index (χ4n) is 1.50. The van der Waals surface area contributed by atoms with Crippen LogP contribution in [0.3, 0.4) is 0 Å². The largest absolute Gasteiger partial charge is 0.476 e. The van der Waals surface area contributed by atoms with E-state index >= 15 is 0 Å². The lowest BCUT2D eigenvalue weighted by atomic mass is 10.1. The molecule has 0 saturated heterocycles. The molecule has 0 amide bonds. The van der Waals surface area contributed by atoms with Gasteiger partial charge in [-0.3, -0.25) is 0 Å². The Morgan fingerprint density at radius 1 is 1.19 bits per heavy atom. The number of unbranched alkanes of at least 4 members (excludes halogenated alkanes) is 5. The molecule has 0 spiro atoms. The monoisotopic (exact) mass is 223 g/mol. The van der Waals surface area contributed by atoms with Crippen LogP contribution in [0.2, 0.25) is 0 Å². The molecule has 1 aromatic heterocycles. The number of aromatic nitrogens is 2.